The van der Waals surface area contributed by atoms with Gasteiger partial charge in [-0.2, -0.15) is 0 Å². The largest absolute Gasteiger partial charge is 0.316 e. The van der Waals surface area contributed by atoms with Gasteiger partial charge < -0.3 is 10.1 Å². The maximum atomic E-state index is 11.6. The zero-order chi connectivity index (χ0) is 17.7. The molecule has 1 N–H and O–H groups in total. The van der Waals surface area contributed by atoms with Crippen LogP contribution >= 0.6 is 0 Å². The lowest BCUT2D eigenvalue weighted by molar-refractivity contribution is -0.107. The van der Waals surface area contributed by atoms with Gasteiger partial charge in [-0.05, 0) is 24.9 Å². The Kier molecular flexibility index (Phi) is 12.2. The molecule has 23 heavy (non-hydrogen) atoms. The van der Waals surface area contributed by atoms with Gasteiger partial charge in [0, 0.05) is 24.4 Å². The molecule has 130 valence electrons. The molecular formula is C20H33NO2. The van der Waals surface area contributed by atoms with Crippen LogP contribution in [-0.4, -0.2) is 19.1 Å². The molecule has 0 fully saturated rings. The molecular weight excluding hydrogens is 286 g/mol. The van der Waals surface area contributed by atoms with E-state index in [9.17, 15) is 9.59 Å². The summed E-state index contributed by atoms with van der Waals surface area (Å²) in [4.78, 5) is 21.4. The predicted octanol–water partition coefficient (Wildman–Crippen LogP) is 4.65. The first-order valence-electron chi connectivity index (χ1n) is 8.63. The topological polar surface area (TPSA) is 46.2 Å². The first-order chi connectivity index (χ1) is 10.9. The van der Waals surface area contributed by atoms with Crippen LogP contribution in [0.25, 0.3) is 0 Å². The molecule has 0 aromatic heterocycles. The minimum Gasteiger partial charge on any atom is -0.316 e. The van der Waals surface area contributed by atoms with Crippen molar-refractivity contribution in [3.63, 3.8) is 0 Å². The molecule has 3 heteroatoms. The molecule has 0 saturated carbocycles. The highest BCUT2D eigenvalue weighted by Crippen LogP contribution is 2.10. The average molecular weight is 319 g/mol. The molecule has 1 aromatic carbocycles. The lowest BCUT2D eigenvalue weighted by Crippen LogP contribution is -2.08. The molecule has 3 nitrogen and oxygen atoms in total. The van der Waals surface area contributed by atoms with Gasteiger partial charge in [0.15, 0.2) is 5.78 Å². The maximum Gasteiger partial charge on any atom is 0.165 e. The summed E-state index contributed by atoms with van der Waals surface area (Å²) in [6, 6.07) is 7.78. The quantitative estimate of drug-likeness (QED) is 0.409. The van der Waals surface area contributed by atoms with E-state index in [4.69, 9.17) is 0 Å². The number of carbonyl (C=O) groups excluding carboxylic acids is 2. The zero-order valence-corrected chi connectivity index (χ0v) is 15.4. The number of ketones is 1. The first kappa shape index (κ1) is 21.5. The Morgan fingerprint density at radius 1 is 1.09 bits per heavy atom. The SMILES string of the molecule is CC(C)CCCCC=O.CNCc1ccc(C(=O)C(C)C)cc1. The molecule has 0 unspecified atom stereocenters. The molecule has 0 aliphatic rings. The lowest BCUT2D eigenvalue weighted by atomic mass is 10.0. The maximum absolute atomic E-state index is 11.6. The molecule has 0 spiro atoms. The Labute approximate surface area is 141 Å². The van der Waals surface area contributed by atoms with Crippen LogP contribution in [0.1, 0.15) is 69.3 Å². The van der Waals surface area contributed by atoms with E-state index >= 15 is 0 Å². The Bertz CT molecular complexity index is 435. The minimum absolute atomic E-state index is 0.0742. The van der Waals surface area contributed by atoms with Crippen molar-refractivity contribution in [3.8, 4) is 0 Å². The van der Waals surface area contributed by atoms with Gasteiger partial charge in [-0.3, -0.25) is 4.79 Å². The molecule has 0 bridgehead atoms. The van der Waals surface area contributed by atoms with Crippen molar-refractivity contribution < 1.29 is 9.59 Å². The van der Waals surface area contributed by atoms with Gasteiger partial charge in [-0.1, -0.05) is 64.8 Å². The minimum atomic E-state index is 0.0742. The Morgan fingerprint density at radius 2 is 1.70 bits per heavy atom. The standard InChI is InChI=1S/C12H17NO.C8H16O/c1-9(2)12(14)11-6-4-10(5-7-11)8-13-3;1-8(2)6-4-3-5-7-9/h4-7,9,13H,8H2,1-3H3;7-8H,3-6H2,1-2H3. The highest BCUT2D eigenvalue weighted by molar-refractivity contribution is 5.97. The second-order valence-corrected chi connectivity index (χ2v) is 6.59. The van der Waals surface area contributed by atoms with E-state index in [2.05, 4.69) is 19.2 Å². The summed E-state index contributed by atoms with van der Waals surface area (Å²) in [5.41, 5.74) is 2.01. The average Bonchev–Trinajstić information content (AvgIpc) is 2.52. The third-order valence-corrected chi connectivity index (χ3v) is 3.50. The highest BCUT2D eigenvalue weighted by Gasteiger charge is 2.09. The van der Waals surface area contributed by atoms with Crippen LogP contribution in [0.3, 0.4) is 0 Å². The fourth-order valence-electron chi connectivity index (χ4n) is 2.10. The number of benzene rings is 1. The van der Waals surface area contributed by atoms with Crippen LogP contribution < -0.4 is 5.32 Å². The Balaban J connectivity index is 0.000000468. The second-order valence-electron chi connectivity index (χ2n) is 6.59. The van der Waals surface area contributed by atoms with Gasteiger partial charge in [-0.25, -0.2) is 0 Å². The van der Waals surface area contributed by atoms with Crippen LogP contribution in [0.2, 0.25) is 0 Å². The van der Waals surface area contributed by atoms with E-state index < -0.39 is 0 Å². The highest BCUT2D eigenvalue weighted by atomic mass is 16.1. The molecule has 1 rings (SSSR count). The number of Topliss-reactive ketones (excluding diaryl/α,β-unsaturated/α-hetero) is 1. The molecule has 1 aromatic rings. The second kappa shape index (κ2) is 13.0. The van der Waals surface area contributed by atoms with E-state index in [1.165, 1.54) is 18.4 Å². The van der Waals surface area contributed by atoms with Crippen molar-refractivity contribution >= 4 is 12.1 Å². The molecule has 0 amide bonds. The van der Waals surface area contributed by atoms with Gasteiger partial charge in [0.05, 0.1) is 0 Å². The van der Waals surface area contributed by atoms with E-state index in [-0.39, 0.29) is 11.7 Å². The number of rotatable bonds is 9. The van der Waals surface area contributed by atoms with Gasteiger partial charge >= 0.3 is 0 Å². The zero-order valence-electron chi connectivity index (χ0n) is 15.4. The van der Waals surface area contributed by atoms with Crippen molar-refractivity contribution in [3.05, 3.63) is 35.4 Å². The number of hydrogen-bond donors (Lipinski definition) is 1. The summed E-state index contributed by atoms with van der Waals surface area (Å²) in [6.45, 7) is 9.10. The summed E-state index contributed by atoms with van der Waals surface area (Å²) in [5, 5.41) is 3.07. The third-order valence-electron chi connectivity index (χ3n) is 3.50. The number of nitrogens with one attached hydrogen (secondary N) is 1. The number of hydrogen-bond acceptors (Lipinski definition) is 3. The fraction of sp³-hybridized carbons (Fsp3) is 0.600. The first-order valence-corrected chi connectivity index (χ1v) is 8.63. The van der Waals surface area contributed by atoms with E-state index in [1.807, 2.05) is 45.2 Å². The van der Waals surface area contributed by atoms with Gasteiger partial charge in [0.2, 0.25) is 0 Å². The van der Waals surface area contributed by atoms with Crippen LogP contribution in [0.15, 0.2) is 24.3 Å². The number of unbranched alkanes of at least 4 members (excludes halogenated alkanes) is 2. The van der Waals surface area contributed by atoms with Crippen molar-refractivity contribution in [1.29, 1.82) is 0 Å². The number of aldehydes is 1. The molecule has 0 aliphatic heterocycles. The van der Waals surface area contributed by atoms with Gasteiger partial charge in [-0.15, -0.1) is 0 Å². The fourth-order valence-corrected chi connectivity index (χ4v) is 2.10. The van der Waals surface area contributed by atoms with Crippen LogP contribution in [0.4, 0.5) is 0 Å². The van der Waals surface area contributed by atoms with Crippen LogP contribution in [-0.2, 0) is 11.3 Å². The van der Waals surface area contributed by atoms with Crippen LogP contribution in [0, 0.1) is 11.8 Å². The summed E-state index contributed by atoms with van der Waals surface area (Å²) in [6.07, 6.45) is 5.28. The Hall–Kier alpha value is -1.48. The van der Waals surface area contributed by atoms with Gasteiger partial charge in [0.25, 0.3) is 0 Å². The van der Waals surface area contributed by atoms with Crippen molar-refractivity contribution in [2.75, 3.05) is 7.05 Å². The van der Waals surface area contributed by atoms with Crippen LogP contribution in [0.5, 0.6) is 0 Å². The molecule has 0 aliphatic carbocycles. The summed E-state index contributed by atoms with van der Waals surface area (Å²) >= 11 is 0. The normalized spacial score (nSPS) is 10.4. The van der Waals surface area contributed by atoms with E-state index in [0.29, 0.717) is 0 Å². The van der Waals surface area contributed by atoms with E-state index in [1.54, 1.807) is 0 Å². The summed E-state index contributed by atoms with van der Waals surface area (Å²) < 4.78 is 0. The third kappa shape index (κ3) is 10.8. The predicted molar refractivity (Wildman–Crippen MR) is 97.7 cm³/mol. The van der Waals surface area contributed by atoms with Crippen molar-refractivity contribution in [2.24, 2.45) is 11.8 Å². The molecule has 0 radical (unpaired) electrons. The molecule has 0 heterocycles. The summed E-state index contributed by atoms with van der Waals surface area (Å²) in [5.74, 6) is 1.07. The lowest BCUT2D eigenvalue weighted by Gasteiger charge is -2.05. The van der Waals surface area contributed by atoms with Gasteiger partial charge in [0.1, 0.15) is 6.29 Å². The Morgan fingerprint density at radius 3 is 2.13 bits per heavy atom. The van der Waals surface area contributed by atoms with Crippen molar-refractivity contribution in [2.45, 2.75) is 59.9 Å². The smallest absolute Gasteiger partial charge is 0.165 e. The van der Waals surface area contributed by atoms with Crippen molar-refractivity contribution in [1.82, 2.24) is 5.32 Å². The van der Waals surface area contributed by atoms with E-state index in [0.717, 1.165) is 37.2 Å². The number of carbonyl (C=O) groups is 2. The molecule has 0 atom stereocenters. The molecule has 0 saturated heterocycles. The summed E-state index contributed by atoms with van der Waals surface area (Å²) in [7, 11) is 1.91. The monoisotopic (exact) mass is 319 g/mol.